The maximum absolute atomic E-state index is 12.2. The Morgan fingerprint density at radius 3 is 2.44 bits per heavy atom. The third-order valence-electron chi connectivity index (χ3n) is 3.51. The van der Waals surface area contributed by atoms with Gasteiger partial charge in [0.1, 0.15) is 5.75 Å². The van der Waals surface area contributed by atoms with Crippen LogP contribution in [0.5, 0.6) is 5.75 Å². The third kappa shape index (κ3) is 4.32. The lowest BCUT2D eigenvalue weighted by molar-refractivity contribution is -0.0498. The Morgan fingerprint density at radius 1 is 1.15 bits per heavy atom. The second-order valence-electron chi connectivity index (χ2n) is 6.59. The van der Waals surface area contributed by atoms with Crippen LogP contribution in [0.1, 0.15) is 32.4 Å². The average molecular weight is 396 g/mol. The van der Waals surface area contributed by atoms with Crippen molar-refractivity contribution in [2.75, 3.05) is 5.84 Å². The normalized spacial score (nSPS) is 11.9. The standard InChI is InChI=1S/C15H18F2N8OS/c1-15(2,3)12-20-21-14(24(12)18)27-8-11-19-22-23-25(11)9-4-6-10(7-5-9)26-13(16)17/h4-7,13H,8,18H2,1-3H3. The van der Waals surface area contributed by atoms with Crippen LogP contribution in [0.25, 0.3) is 5.69 Å². The molecule has 0 saturated carbocycles. The fraction of sp³-hybridized carbons (Fsp3) is 0.400. The Kier molecular flexibility index (Phi) is 5.26. The highest BCUT2D eigenvalue weighted by atomic mass is 32.2. The first-order chi connectivity index (χ1) is 12.8. The number of halogens is 2. The van der Waals surface area contributed by atoms with Crippen molar-refractivity contribution in [2.45, 2.75) is 43.7 Å². The number of nitrogens with two attached hydrogens (primary N) is 1. The smallest absolute Gasteiger partial charge is 0.387 e. The molecule has 0 amide bonds. The number of hydrogen-bond acceptors (Lipinski definition) is 8. The molecule has 2 N–H and O–H groups in total. The molecule has 0 unspecified atom stereocenters. The topological polar surface area (TPSA) is 110 Å². The van der Waals surface area contributed by atoms with E-state index in [1.165, 1.54) is 33.3 Å². The van der Waals surface area contributed by atoms with E-state index in [2.05, 4.69) is 30.5 Å². The summed E-state index contributed by atoms with van der Waals surface area (Å²) in [6.07, 6.45) is 0. The van der Waals surface area contributed by atoms with Crippen molar-refractivity contribution in [3.63, 3.8) is 0 Å². The number of nitrogens with zero attached hydrogens (tertiary/aromatic N) is 7. The number of aromatic nitrogens is 7. The first-order valence-electron chi connectivity index (χ1n) is 7.92. The SMILES string of the molecule is CC(C)(C)c1nnc(SCc2nnnn2-c2ccc(OC(F)F)cc2)n1N. The third-order valence-corrected chi connectivity index (χ3v) is 4.45. The Balaban J connectivity index is 1.74. The molecule has 0 aliphatic carbocycles. The van der Waals surface area contributed by atoms with Crippen molar-refractivity contribution in [1.82, 2.24) is 35.1 Å². The summed E-state index contributed by atoms with van der Waals surface area (Å²) in [6, 6.07) is 6.02. The summed E-state index contributed by atoms with van der Waals surface area (Å²) in [4.78, 5) is 0. The van der Waals surface area contributed by atoms with Crippen LogP contribution in [-0.2, 0) is 11.2 Å². The number of tetrazole rings is 1. The van der Waals surface area contributed by atoms with Crippen molar-refractivity contribution in [3.8, 4) is 11.4 Å². The van der Waals surface area contributed by atoms with Gasteiger partial charge in [0.05, 0.1) is 11.4 Å². The van der Waals surface area contributed by atoms with Crippen LogP contribution in [0.15, 0.2) is 29.4 Å². The molecule has 3 aromatic rings. The van der Waals surface area contributed by atoms with Gasteiger partial charge in [-0.3, -0.25) is 0 Å². The van der Waals surface area contributed by atoms with Gasteiger partial charge in [-0.1, -0.05) is 32.5 Å². The van der Waals surface area contributed by atoms with E-state index in [1.807, 2.05) is 20.8 Å². The molecule has 0 bridgehead atoms. The zero-order valence-corrected chi connectivity index (χ0v) is 15.7. The van der Waals surface area contributed by atoms with Crippen LogP contribution in [-0.4, -0.2) is 41.7 Å². The van der Waals surface area contributed by atoms with Gasteiger partial charge in [0.15, 0.2) is 11.6 Å². The molecule has 9 nitrogen and oxygen atoms in total. The van der Waals surface area contributed by atoms with Crippen LogP contribution in [0, 0.1) is 0 Å². The zero-order valence-electron chi connectivity index (χ0n) is 14.9. The lowest BCUT2D eigenvalue weighted by Gasteiger charge is -2.16. The van der Waals surface area contributed by atoms with Crippen molar-refractivity contribution < 1.29 is 13.5 Å². The van der Waals surface area contributed by atoms with E-state index < -0.39 is 6.61 Å². The summed E-state index contributed by atoms with van der Waals surface area (Å²) in [5.41, 5.74) is 0.381. The van der Waals surface area contributed by atoms with Gasteiger partial charge in [-0.05, 0) is 34.7 Å². The van der Waals surface area contributed by atoms with E-state index in [0.717, 1.165) is 0 Å². The predicted octanol–water partition coefficient (Wildman–Crippen LogP) is 2.16. The number of hydrogen-bond donors (Lipinski definition) is 1. The maximum Gasteiger partial charge on any atom is 0.387 e. The Morgan fingerprint density at radius 2 is 1.85 bits per heavy atom. The molecular formula is C15H18F2N8OS. The lowest BCUT2D eigenvalue weighted by Crippen LogP contribution is -2.24. The van der Waals surface area contributed by atoms with E-state index in [1.54, 1.807) is 12.1 Å². The van der Waals surface area contributed by atoms with Gasteiger partial charge in [0.25, 0.3) is 0 Å². The molecule has 1 aromatic carbocycles. The summed E-state index contributed by atoms with van der Waals surface area (Å²) in [5.74, 6) is 7.73. The largest absolute Gasteiger partial charge is 0.435 e. The molecule has 27 heavy (non-hydrogen) atoms. The predicted molar refractivity (Wildman–Crippen MR) is 94.2 cm³/mol. The second-order valence-corrected chi connectivity index (χ2v) is 7.54. The summed E-state index contributed by atoms with van der Waals surface area (Å²) in [5, 5.41) is 20.4. The quantitative estimate of drug-likeness (QED) is 0.499. The van der Waals surface area contributed by atoms with Crippen LogP contribution in [0.3, 0.4) is 0 Å². The fourth-order valence-electron chi connectivity index (χ4n) is 2.28. The first-order valence-corrected chi connectivity index (χ1v) is 8.90. The zero-order chi connectivity index (χ0) is 19.6. The molecule has 2 aromatic heterocycles. The van der Waals surface area contributed by atoms with Gasteiger partial charge >= 0.3 is 6.61 Å². The summed E-state index contributed by atoms with van der Waals surface area (Å²) < 4.78 is 31.8. The number of rotatable bonds is 6. The molecule has 0 radical (unpaired) electrons. The van der Waals surface area contributed by atoms with Gasteiger partial charge < -0.3 is 10.6 Å². The minimum absolute atomic E-state index is 0.0590. The van der Waals surface area contributed by atoms with Gasteiger partial charge in [0.2, 0.25) is 5.16 Å². The number of alkyl halides is 2. The molecule has 0 aliphatic rings. The van der Waals surface area contributed by atoms with Crippen LogP contribution in [0.4, 0.5) is 8.78 Å². The number of thioether (sulfide) groups is 1. The van der Waals surface area contributed by atoms with Crippen LogP contribution < -0.4 is 10.6 Å². The Bertz CT molecular complexity index is 903. The van der Waals surface area contributed by atoms with Crippen molar-refractivity contribution in [1.29, 1.82) is 0 Å². The van der Waals surface area contributed by atoms with E-state index in [4.69, 9.17) is 5.84 Å². The lowest BCUT2D eigenvalue weighted by atomic mass is 9.96. The average Bonchev–Trinajstić information content (AvgIpc) is 3.19. The minimum atomic E-state index is -2.87. The molecule has 144 valence electrons. The monoisotopic (exact) mass is 396 g/mol. The Hall–Kier alpha value is -2.76. The maximum atomic E-state index is 12.2. The number of ether oxygens (including phenoxy) is 1. The summed E-state index contributed by atoms with van der Waals surface area (Å²) in [7, 11) is 0. The summed E-state index contributed by atoms with van der Waals surface area (Å²) >= 11 is 1.34. The van der Waals surface area contributed by atoms with Crippen molar-refractivity contribution in [2.24, 2.45) is 0 Å². The minimum Gasteiger partial charge on any atom is -0.435 e. The van der Waals surface area contributed by atoms with Gasteiger partial charge in [-0.2, -0.15) is 13.5 Å². The highest BCUT2D eigenvalue weighted by molar-refractivity contribution is 7.98. The fourth-order valence-corrected chi connectivity index (χ4v) is 3.04. The van der Waals surface area contributed by atoms with E-state index in [0.29, 0.717) is 28.2 Å². The number of benzene rings is 1. The van der Waals surface area contributed by atoms with Crippen molar-refractivity contribution >= 4 is 11.8 Å². The highest BCUT2D eigenvalue weighted by Crippen LogP contribution is 2.25. The van der Waals surface area contributed by atoms with E-state index >= 15 is 0 Å². The van der Waals surface area contributed by atoms with Gasteiger partial charge in [-0.15, -0.1) is 15.3 Å². The highest BCUT2D eigenvalue weighted by Gasteiger charge is 2.23. The van der Waals surface area contributed by atoms with Crippen LogP contribution >= 0.6 is 11.8 Å². The second kappa shape index (κ2) is 7.47. The molecule has 0 aliphatic heterocycles. The van der Waals surface area contributed by atoms with Crippen molar-refractivity contribution in [3.05, 3.63) is 35.9 Å². The van der Waals surface area contributed by atoms with Crippen LogP contribution in [0.2, 0.25) is 0 Å². The molecule has 2 heterocycles. The molecular weight excluding hydrogens is 378 g/mol. The Labute approximate surface area is 157 Å². The molecule has 0 fully saturated rings. The molecule has 12 heteroatoms. The first kappa shape index (κ1) is 19.0. The van der Waals surface area contributed by atoms with E-state index in [-0.39, 0.29) is 11.2 Å². The summed E-state index contributed by atoms with van der Waals surface area (Å²) in [6.45, 7) is 3.12. The van der Waals surface area contributed by atoms with Gasteiger partial charge in [0, 0.05) is 5.41 Å². The molecule has 3 rings (SSSR count). The molecule has 0 saturated heterocycles. The number of nitrogen functional groups attached to an aromatic ring is 1. The molecule has 0 atom stereocenters. The van der Waals surface area contributed by atoms with E-state index in [9.17, 15) is 8.78 Å². The molecule has 0 spiro atoms. The van der Waals surface area contributed by atoms with Gasteiger partial charge in [-0.25, -0.2) is 4.68 Å².